The van der Waals surface area contributed by atoms with Crippen LogP contribution < -0.4 is 5.73 Å². The molecule has 1 fully saturated rings. The van der Waals surface area contributed by atoms with E-state index in [0.29, 0.717) is 11.8 Å². The second kappa shape index (κ2) is 7.74. The van der Waals surface area contributed by atoms with Crippen molar-refractivity contribution in [1.82, 2.24) is 19.3 Å². The van der Waals surface area contributed by atoms with Crippen LogP contribution in [0.25, 0.3) is 5.78 Å². The molecule has 1 aliphatic rings. The molecule has 138 valence electrons. The van der Waals surface area contributed by atoms with Crippen LogP contribution in [0.2, 0.25) is 0 Å². The molecule has 1 aromatic carbocycles. The van der Waals surface area contributed by atoms with Crippen molar-refractivity contribution < 1.29 is 0 Å². The highest BCUT2D eigenvalue weighted by Crippen LogP contribution is 2.32. The Bertz CT molecular complexity index is 877. The fourth-order valence-corrected chi connectivity index (χ4v) is 4.14. The largest absolute Gasteiger partial charge is 0.330 e. The standard InChI is InChI=1S/C20H25N5.ClH/c1-14-8-15(2)25-18(10-22-20(25)23-14)12-24-11-17(9-21)19(13-24)16-6-4-3-5-7-16;/h3-8,10,17,19H,9,11-13,21H2,1-2H3;1H/t17-,19+;/m1./s1. The predicted octanol–water partition coefficient (Wildman–Crippen LogP) is 2.94. The lowest BCUT2D eigenvalue weighted by molar-refractivity contribution is 0.312. The second-order valence-corrected chi connectivity index (χ2v) is 7.13. The first-order valence-corrected chi connectivity index (χ1v) is 8.93. The lowest BCUT2D eigenvalue weighted by Gasteiger charge is -2.17. The molecule has 0 bridgehead atoms. The number of halogens is 1. The van der Waals surface area contributed by atoms with Crippen molar-refractivity contribution in [3.05, 3.63) is 65.2 Å². The monoisotopic (exact) mass is 371 g/mol. The first kappa shape index (κ1) is 18.8. The van der Waals surface area contributed by atoms with E-state index < -0.39 is 0 Å². The van der Waals surface area contributed by atoms with Gasteiger partial charge in [0.05, 0.1) is 11.9 Å². The van der Waals surface area contributed by atoms with Gasteiger partial charge in [-0.15, -0.1) is 12.4 Å². The van der Waals surface area contributed by atoms with Gasteiger partial charge in [0.25, 0.3) is 0 Å². The molecule has 0 spiro atoms. The summed E-state index contributed by atoms with van der Waals surface area (Å²) in [5, 5.41) is 0. The predicted molar refractivity (Wildman–Crippen MR) is 107 cm³/mol. The summed E-state index contributed by atoms with van der Waals surface area (Å²) in [4.78, 5) is 11.5. The third kappa shape index (κ3) is 3.47. The highest BCUT2D eigenvalue weighted by Gasteiger charge is 2.33. The average Bonchev–Trinajstić information content (AvgIpc) is 3.20. The Morgan fingerprint density at radius 3 is 2.65 bits per heavy atom. The molecule has 0 aliphatic carbocycles. The molecule has 0 radical (unpaired) electrons. The van der Waals surface area contributed by atoms with Gasteiger partial charge in [-0.3, -0.25) is 9.30 Å². The van der Waals surface area contributed by atoms with E-state index in [4.69, 9.17) is 5.73 Å². The lowest BCUT2D eigenvalue weighted by atomic mass is 9.89. The zero-order valence-electron chi connectivity index (χ0n) is 15.3. The first-order valence-electron chi connectivity index (χ1n) is 8.93. The molecular formula is C20H26ClN5. The Hall–Kier alpha value is -1.95. The van der Waals surface area contributed by atoms with Crippen LogP contribution in [0.3, 0.4) is 0 Å². The highest BCUT2D eigenvalue weighted by atomic mass is 35.5. The first-order chi connectivity index (χ1) is 12.2. The van der Waals surface area contributed by atoms with E-state index in [1.54, 1.807) is 0 Å². The number of aryl methyl sites for hydroxylation is 2. The van der Waals surface area contributed by atoms with Crippen molar-refractivity contribution >= 4 is 18.2 Å². The number of rotatable bonds is 4. The molecule has 0 saturated carbocycles. The zero-order chi connectivity index (χ0) is 17.4. The molecular weight excluding hydrogens is 346 g/mol. The lowest BCUT2D eigenvalue weighted by Crippen LogP contribution is -2.23. The Labute approximate surface area is 160 Å². The third-order valence-corrected chi connectivity index (χ3v) is 5.30. The number of hydrogen-bond acceptors (Lipinski definition) is 4. The topological polar surface area (TPSA) is 59.5 Å². The van der Waals surface area contributed by atoms with Crippen molar-refractivity contribution in [2.45, 2.75) is 26.3 Å². The summed E-state index contributed by atoms with van der Waals surface area (Å²) in [5.41, 5.74) is 10.9. The number of imidazole rings is 1. The van der Waals surface area contributed by atoms with Gasteiger partial charge < -0.3 is 5.73 Å². The van der Waals surface area contributed by atoms with Crippen molar-refractivity contribution in [1.29, 1.82) is 0 Å². The van der Waals surface area contributed by atoms with Crippen LogP contribution >= 0.6 is 12.4 Å². The van der Waals surface area contributed by atoms with E-state index in [-0.39, 0.29) is 12.4 Å². The fourth-order valence-electron chi connectivity index (χ4n) is 4.14. The minimum atomic E-state index is 0. The number of hydrogen-bond donors (Lipinski definition) is 1. The highest BCUT2D eigenvalue weighted by molar-refractivity contribution is 5.85. The van der Waals surface area contributed by atoms with Crippen molar-refractivity contribution in [2.75, 3.05) is 19.6 Å². The van der Waals surface area contributed by atoms with Crippen LogP contribution in [0, 0.1) is 19.8 Å². The summed E-state index contributed by atoms with van der Waals surface area (Å²) >= 11 is 0. The molecule has 1 aliphatic heterocycles. The molecule has 0 amide bonds. The summed E-state index contributed by atoms with van der Waals surface area (Å²) in [6.45, 7) is 7.80. The van der Waals surface area contributed by atoms with Gasteiger partial charge in [-0.1, -0.05) is 30.3 Å². The average molecular weight is 372 g/mol. The van der Waals surface area contributed by atoms with E-state index in [2.05, 4.69) is 62.6 Å². The maximum absolute atomic E-state index is 6.07. The Kier molecular flexibility index (Phi) is 5.61. The molecule has 4 rings (SSSR count). The summed E-state index contributed by atoms with van der Waals surface area (Å²) < 4.78 is 2.17. The van der Waals surface area contributed by atoms with Crippen LogP contribution in [0.5, 0.6) is 0 Å². The van der Waals surface area contributed by atoms with E-state index in [0.717, 1.165) is 37.7 Å². The number of fused-ring (bicyclic) bond motifs is 1. The Morgan fingerprint density at radius 1 is 1.15 bits per heavy atom. The maximum atomic E-state index is 6.07. The fraction of sp³-hybridized carbons (Fsp3) is 0.400. The molecule has 2 atom stereocenters. The van der Waals surface area contributed by atoms with Gasteiger partial charge in [-0.2, -0.15) is 0 Å². The maximum Gasteiger partial charge on any atom is 0.234 e. The van der Waals surface area contributed by atoms with Crippen LogP contribution in [0.1, 0.15) is 28.6 Å². The van der Waals surface area contributed by atoms with Crippen LogP contribution in [0.15, 0.2) is 42.6 Å². The molecule has 6 heteroatoms. The van der Waals surface area contributed by atoms with E-state index in [9.17, 15) is 0 Å². The number of nitrogens with zero attached hydrogens (tertiary/aromatic N) is 4. The minimum absolute atomic E-state index is 0. The molecule has 2 N–H and O–H groups in total. The van der Waals surface area contributed by atoms with Crippen molar-refractivity contribution in [3.63, 3.8) is 0 Å². The molecule has 3 heterocycles. The zero-order valence-corrected chi connectivity index (χ0v) is 16.1. The number of aromatic nitrogens is 3. The normalized spacial score (nSPS) is 20.4. The quantitative estimate of drug-likeness (QED) is 0.766. The number of nitrogens with two attached hydrogens (primary N) is 1. The summed E-state index contributed by atoms with van der Waals surface area (Å²) in [7, 11) is 0. The molecule has 2 aromatic heterocycles. The summed E-state index contributed by atoms with van der Waals surface area (Å²) in [6, 6.07) is 12.9. The third-order valence-electron chi connectivity index (χ3n) is 5.30. The second-order valence-electron chi connectivity index (χ2n) is 7.13. The summed E-state index contributed by atoms with van der Waals surface area (Å²) in [6.07, 6.45) is 1.96. The van der Waals surface area contributed by atoms with Gasteiger partial charge in [0, 0.05) is 36.9 Å². The van der Waals surface area contributed by atoms with Gasteiger partial charge in [0.2, 0.25) is 5.78 Å². The van der Waals surface area contributed by atoms with Gasteiger partial charge >= 0.3 is 0 Å². The van der Waals surface area contributed by atoms with Gasteiger partial charge in [-0.05, 0) is 37.9 Å². The molecule has 0 unspecified atom stereocenters. The van der Waals surface area contributed by atoms with Crippen LogP contribution in [0.4, 0.5) is 0 Å². The Balaban J connectivity index is 0.00000196. The van der Waals surface area contributed by atoms with Crippen LogP contribution in [-0.4, -0.2) is 38.9 Å². The molecule has 5 nitrogen and oxygen atoms in total. The van der Waals surface area contributed by atoms with Gasteiger partial charge in [0.1, 0.15) is 0 Å². The van der Waals surface area contributed by atoms with Gasteiger partial charge in [-0.25, -0.2) is 9.97 Å². The molecule has 1 saturated heterocycles. The van der Waals surface area contributed by atoms with Crippen molar-refractivity contribution in [3.8, 4) is 0 Å². The molecule has 3 aromatic rings. The van der Waals surface area contributed by atoms with E-state index >= 15 is 0 Å². The van der Waals surface area contributed by atoms with E-state index in [1.807, 2.05) is 13.1 Å². The SMILES string of the molecule is Cc1cc(C)n2c(CN3C[C@@H](CN)[C@H](c4ccccc4)C3)cnc2n1.Cl. The van der Waals surface area contributed by atoms with Crippen LogP contribution in [-0.2, 0) is 6.54 Å². The number of benzene rings is 1. The van der Waals surface area contributed by atoms with E-state index in [1.165, 1.54) is 17.0 Å². The number of likely N-dealkylation sites (tertiary alicyclic amines) is 1. The smallest absolute Gasteiger partial charge is 0.234 e. The summed E-state index contributed by atoms with van der Waals surface area (Å²) in [5.74, 6) is 1.80. The molecule has 26 heavy (non-hydrogen) atoms. The van der Waals surface area contributed by atoms with Crippen molar-refractivity contribution in [2.24, 2.45) is 11.7 Å². The Morgan fingerprint density at radius 2 is 1.92 bits per heavy atom. The van der Waals surface area contributed by atoms with Gasteiger partial charge in [0.15, 0.2) is 0 Å². The minimum Gasteiger partial charge on any atom is -0.330 e.